The fraction of sp³-hybridized carbons (Fsp3) is 0.417. The third-order valence-electron chi connectivity index (χ3n) is 3.02. The molecular weight excluding hydrogens is 226 g/mol. The second-order valence-corrected chi connectivity index (χ2v) is 4.52. The number of fused-ring (bicyclic) bond motifs is 1. The van der Waals surface area contributed by atoms with E-state index in [0.717, 1.165) is 30.6 Å². The highest BCUT2D eigenvalue weighted by molar-refractivity contribution is 6.30. The fourth-order valence-corrected chi connectivity index (χ4v) is 2.33. The molecule has 0 saturated carbocycles. The lowest BCUT2D eigenvalue weighted by molar-refractivity contribution is -0.138. The molecule has 86 valence electrons. The highest BCUT2D eigenvalue weighted by Gasteiger charge is 2.25. The Hall–Kier alpha value is -1.22. The number of halogens is 1. The van der Waals surface area contributed by atoms with Crippen molar-refractivity contribution in [2.24, 2.45) is 0 Å². The molecule has 0 bridgehead atoms. The number of aryl methyl sites for hydroxylation is 1. The second-order valence-electron chi connectivity index (χ2n) is 4.08. The van der Waals surface area contributed by atoms with E-state index in [1.165, 1.54) is 0 Å². The van der Waals surface area contributed by atoms with Crippen LogP contribution in [-0.2, 0) is 11.2 Å². The molecule has 4 heteroatoms. The molecule has 0 aromatic heterocycles. The van der Waals surface area contributed by atoms with Crippen molar-refractivity contribution >= 4 is 23.3 Å². The topological polar surface area (TPSA) is 40.5 Å². The summed E-state index contributed by atoms with van der Waals surface area (Å²) >= 11 is 5.93. The lowest BCUT2D eigenvalue weighted by Gasteiger charge is -2.34. The zero-order valence-corrected chi connectivity index (χ0v) is 9.87. The van der Waals surface area contributed by atoms with E-state index in [1.54, 1.807) is 6.92 Å². The van der Waals surface area contributed by atoms with E-state index in [9.17, 15) is 4.79 Å². The third-order valence-corrected chi connectivity index (χ3v) is 3.26. The summed E-state index contributed by atoms with van der Waals surface area (Å²) in [5, 5.41) is 9.76. The summed E-state index contributed by atoms with van der Waals surface area (Å²) in [5.41, 5.74) is 2.15. The van der Waals surface area contributed by atoms with Gasteiger partial charge in [-0.2, -0.15) is 0 Å². The van der Waals surface area contributed by atoms with Gasteiger partial charge in [-0.3, -0.25) is 0 Å². The first-order chi connectivity index (χ1) is 7.59. The van der Waals surface area contributed by atoms with E-state index in [4.69, 9.17) is 16.7 Å². The third kappa shape index (κ3) is 2.00. The van der Waals surface area contributed by atoms with E-state index < -0.39 is 12.0 Å². The van der Waals surface area contributed by atoms with Crippen LogP contribution in [0.25, 0.3) is 0 Å². The molecule has 1 aliphatic rings. The molecule has 0 saturated heterocycles. The molecule has 1 aromatic carbocycles. The Kier molecular flexibility index (Phi) is 3.06. The van der Waals surface area contributed by atoms with Crippen molar-refractivity contribution in [3.63, 3.8) is 0 Å². The Bertz CT molecular complexity index is 419. The van der Waals surface area contributed by atoms with Crippen molar-refractivity contribution in [2.75, 3.05) is 11.4 Å². The second kappa shape index (κ2) is 4.34. The summed E-state index contributed by atoms with van der Waals surface area (Å²) in [4.78, 5) is 12.9. The Morgan fingerprint density at radius 2 is 2.31 bits per heavy atom. The van der Waals surface area contributed by atoms with Crippen LogP contribution in [-0.4, -0.2) is 23.7 Å². The molecule has 3 nitrogen and oxygen atoms in total. The van der Waals surface area contributed by atoms with E-state index in [1.807, 2.05) is 23.1 Å². The van der Waals surface area contributed by atoms with Crippen LogP contribution in [0, 0.1) is 0 Å². The fourth-order valence-electron chi connectivity index (χ4n) is 2.13. The molecule has 1 aromatic rings. The number of anilines is 1. The van der Waals surface area contributed by atoms with Crippen molar-refractivity contribution in [1.29, 1.82) is 0 Å². The first-order valence-corrected chi connectivity index (χ1v) is 5.75. The van der Waals surface area contributed by atoms with Gasteiger partial charge in [0.2, 0.25) is 0 Å². The van der Waals surface area contributed by atoms with E-state index in [2.05, 4.69) is 0 Å². The van der Waals surface area contributed by atoms with Gasteiger partial charge in [0.1, 0.15) is 6.04 Å². The van der Waals surface area contributed by atoms with E-state index in [0.29, 0.717) is 5.02 Å². The maximum Gasteiger partial charge on any atom is 0.326 e. The normalized spacial score (nSPS) is 16.8. The summed E-state index contributed by atoms with van der Waals surface area (Å²) in [6, 6.07) is 5.17. The van der Waals surface area contributed by atoms with Crippen molar-refractivity contribution in [3.8, 4) is 0 Å². The molecular formula is C12H14ClNO2. The quantitative estimate of drug-likeness (QED) is 0.862. The number of carboxylic acids is 1. The van der Waals surface area contributed by atoms with Crippen LogP contribution >= 0.6 is 11.6 Å². The van der Waals surface area contributed by atoms with Crippen molar-refractivity contribution < 1.29 is 9.90 Å². The number of rotatable bonds is 2. The van der Waals surface area contributed by atoms with Crippen LogP contribution in [0.5, 0.6) is 0 Å². The first-order valence-electron chi connectivity index (χ1n) is 5.37. The molecule has 0 amide bonds. The molecule has 0 radical (unpaired) electrons. The predicted molar refractivity (Wildman–Crippen MR) is 64.2 cm³/mol. The summed E-state index contributed by atoms with van der Waals surface area (Å²) in [5.74, 6) is -0.789. The van der Waals surface area contributed by atoms with Crippen LogP contribution in [0.2, 0.25) is 5.02 Å². The number of benzene rings is 1. The number of nitrogens with zero attached hydrogens (tertiary/aromatic N) is 1. The molecule has 1 N–H and O–H groups in total. The number of carbonyl (C=O) groups is 1. The van der Waals surface area contributed by atoms with Crippen LogP contribution in [0.15, 0.2) is 18.2 Å². The minimum Gasteiger partial charge on any atom is -0.480 e. The van der Waals surface area contributed by atoms with Gasteiger partial charge in [-0.25, -0.2) is 4.79 Å². The van der Waals surface area contributed by atoms with Gasteiger partial charge >= 0.3 is 5.97 Å². The van der Waals surface area contributed by atoms with E-state index >= 15 is 0 Å². The monoisotopic (exact) mass is 239 g/mol. The van der Waals surface area contributed by atoms with Crippen molar-refractivity contribution in [1.82, 2.24) is 0 Å². The van der Waals surface area contributed by atoms with Gasteiger partial charge < -0.3 is 10.0 Å². The molecule has 0 spiro atoms. The van der Waals surface area contributed by atoms with Crippen LogP contribution < -0.4 is 4.90 Å². The van der Waals surface area contributed by atoms with Crippen LogP contribution in [0.3, 0.4) is 0 Å². The SMILES string of the molecule is C[C@H](C(=O)O)N1CCCc2cc(Cl)ccc21. The van der Waals surface area contributed by atoms with Crippen LogP contribution in [0.1, 0.15) is 18.9 Å². The standard InChI is InChI=1S/C12H14ClNO2/c1-8(12(15)16)14-6-2-3-9-7-10(13)4-5-11(9)14/h4-5,7-8H,2-3,6H2,1H3,(H,15,16)/t8-/m1/s1. The van der Waals surface area contributed by atoms with E-state index in [-0.39, 0.29) is 0 Å². The Balaban J connectivity index is 2.36. The smallest absolute Gasteiger partial charge is 0.326 e. The molecule has 2 rings (SSSR count). The van der Waals surface area contributed by atoms with Gasteiger partial charge in [-0.15, -0.1) is 0 Å². The van der Waals surface area contributed by atoms with Gasteiger partial charge in [0.15, 0.2) is 0 Å². The van der Waals surface area contributed by atoms with Gasteiger partial charge in [0, 0.05) is 17.3 Å². The van der Waals surface area contributed by atoms with Gasteiger partial charge in [-0.05, 0) is 43.5 Å². The highest BCUT2D eigenvalue weighted by Crippen LogP contribution is 2.30. The zero-order valence-electron chi connectivity index (χ0n) is 9.11. The average molecular weight is 240 g/mol. The maximum absolute atomic E-state index is 11.0. The van der Waals surface area contributed by atoms with Crippen molar-refractivity contribution in [2.45, 2.75) is 25.8 Å². The summed E-state index contributed by atoms with van der Waals surface area (Å²) in [6.45, 7) is 2.51. The number of hydrogen-bond donors (Lipinski definition) is 1. The molecule has 1 heterocycles. The highest BCUT2D eigenvalue weighted by atomic mass is 35.5. The van der Waals surface area contributed by atoms with Crippen LogP contribution in [0.4, 0.5) is 5.69 Å². The number of carboxylic acid groups (broad SMARTS) is 1. The molecule has 0 fully saturated rings. The Morgan fingerprint density at radius 3 is 3.00 bits per heavy atom. The summed E-state index contributed by atoms with van der Waals surface area (Å²) in [6.07, 6.45) is 1.95. The zero-order chi connectivity index (χ0) is 11.7. The maximum atomic E-state index is 11.0. The summed E-state index contributed by atoms with van der Waals surface area (Å²) < 4.78 is 0. The lowest BCUT2D eigenvalue weighted by atomic mass is 10.0. The lowest BCUT2D eigenvalue weighted by Crippen LogP contribution is -2.42. The van der Waals surface area contributed by atoms with Gasteiger partial charge in [-0.1, -0.05) is 11.6 Å². The predicted octanol–water partition coefficient (Wildman–Crippen LogP) is 2.57. The molecule has 0 aliphatic carbocycles. The van der Waals surface area contributed by atoms with Gasteiger partial charge in [0.05, 0.1) is 0 Å². The largest absolute Gasteiger partial charge is 0.480 e. The minimum atomic E-state index is -0.789. The molecule has 0 unspecified atom stereocenters. The number of aliphatic carboxylic acids is 1. The Labute approximate surface area is 99.6 Å². The minimum absolute atomic E-state index is 0.486. The molecule has 1 aliphatic heterocycles. The first kappa shape index (κ1) is 11.3. The molecule has 1 atom stereocenters. The summed E-state index contributed by atoms with van der Waals surface area (Å²) in [7, 11) is 0. The van der Waals surface area contributed by atoms with Crippen molar-refractivity contribution in [3.05, 3.63) is 28.8 Å². The van der Waals surface area contributed by atoms with Gasteiger partial charge in [0.25, 0.3) is 0 Å². The molecule has 16 heavy (non-hydrogen) atoms. The average Bonchev–Trinajstić information content (AvgIpc) is 2.26. The Morgan fingerprint density at radius 1 is 1.56 bits per heavy atom. The number of hydrogen-bond acceptors (Lipinski definition) is 2.